The van der Waals surface area contributed by atoms with Gasteiger partial charge in [-0.2, -0.15) is 0 Å². The Labute approximate surface area is 105 Å². The Hall–Kier alpha value is -2.43. The minimum atomic E-state index is -0.226. The maximum absolute atomic E-state index is 11.8. The monoisotopic (exact) mass is 245 g/mol. The van der Waals surface area contributed by atoms with Crippen molar-refractivity contribution in [2.75, 3.05) is 17.7 Å². The van der Waals surface area contributed by atoms with Gasteiger partial charge in [-0.05, 0) is 37.3 Å². The molecule has 18 heavy (non-hydrogen) atoms. The number of H-pyrrole nitrogens is 1. The van der Waals surface area contributed by atoms with Crippen LogP contribution in [0.3, 0.4) is 0 Å². The van der Waals surface area contributed by atoms with Gasteiger partial charge >= 0.3 is 0 Å². The van der Waals surface area contributed by atoms with Crippen molar-refractivity contribution < 1.29 is 9.53 Å². The summed E-state index contributed by atoms with van der Waals surface area (Å²) < 4.78 is 5.32. The molecule has 1 amide bonds. The van der Waals surface area contributed by atoms with Crippen LogP contribution in [0.1, 0.15) is 17.4 Å². The number of anilines is 2. The fourth-order valence-corrected chi connectivity index (χ4v) is 1.54. The summed E-state index contributed by atoms with van der Waals surface area (Å²) in [5.41, 5.74) is 7.21. The standard InChI is InChI=1S/C13H15N3O2/c1-2-18-11-5-3-10(4-6-11)16-13(17)12-7-9(14)8-15-12/h3-8,15H,2,14H2,1H3,(H,16,17). The van der Waals surface area contributed by atoms with Crippen LogP contribution in [0.5, 0.6) is 5.75 Å². The van der Waals surface area contributed by atoms with E-state index in [2.05, 4.69) is 10.3 Å². The maximum atomic E-state index is 11.8. The molecule has 4 N–H and O–H groups in total. The van der Waals surface area contributed by atoms with Crippen LogP contribution in [-0.2, 0) is 0 Å². The summed E-state index contributed by atoms with van der Waals surface area (Å²) in [6, 6.07) is 8.78. The van der Waals surface area contributed by atoms with E-state index in [-0.39, 0.29) is 5.91 Å². The molecule has 0 saturated heterocycles. The van der Waals surface area contributed by atoms with Gasteiger partial charge in [0.1, 0.15) is 11.4 Å². The van der Waals surface area contributed by atoms with Gasteiger partial charge in [-0.3, -0.25) is 4.79 Å². The van der Waals surface area contributed by atoms with E-state index < -0.39 is 0 Å². The van der Waals surface area contributed by atoms with Crippen LogP contribution < -0.4 is 15.8 Å². The Bertz CT molecular complexity index is 531. The molecule has 1 aromatic heterocycles. The Morgan fingerprint density at radius 2 is 2.11 bits per heavy atom. The molecule has 1 aromatic carbocycles. The van der Waals surface area contributed by atoms with E-state index >= 15 is 0 Å². The molecule has 5 heteroatoms. The zero-order valence-electron chi connectivity index (χ0n) is 10.1. The minimum absolute atomic E-state index is 0.226. The zero-order chi connectivity index (χ0) is 13.0. The summed E-state index contributed by atoms with van der Waals surface area (Å²) in [6.45, 7) is 2.54. The van der Waals surface area contributed by atoms with E-state index in [9.17, 15) is 4.79 Å². The van der Waals surface area contributed by atoms with Crippen LogP contribution in [0.2, 0.25) is 0 Å². The molecule has 0 fully saturated rings. The quantitative estimate of drug-likeness (QED) is 0.772. The molecule has 2 rings (SSSR count). The SMILES string of the molecule is CCOc1ccc(NC(=O)c2cc(N)c[nH]2)cc1. The smallest absolute Gasteiger partial charge is 0.272 e. The van der Waals surface area contributed by atoms with E-state index in [4.69, 9.17) is 10.5 Å². The van der Waals surface area contributed by atoms with Gasteiger partial charge in [0.25, 0.3) is 5.91 Å². The van der Waals surface area contributed by atoms with Crippen LogP contribution in [0.25, 0.3) is 0 Å². The first kappa shape index (κ1) is 12.0. The highest BCUT2D eigenvalue weighted by molar-refractivity contribution is 6.03. The van der Waals surface area contributed by atoms with E-state index in [1.165, 1.54) is 0 Å². The number of nitrogen functional groups attached to an aromatic ring is 1. The molecule has 0 aliphatic rings. The van der Waals surface area contributed by atoms with Gasteiger partial charge < -0.3 is 20.8 Å². The average molecular weight is 245 g/mol. The molecule has 5 nitrogen and oxygen atoms in total. The number of carbonyl (C=O) groups is 1. The van der Waals surface area contributed by atoms with E-state index in [1.54, 1.807) is 24.4 Å². The largest absolute Gasteiger partial charge is 0.494 e. The molecule has 94 valence electrons. The van der Waals surface area contributed by atoms with Crippen molar-refractivity contribution in [3.63, 3.8) is 0 Å². The predicted molar refractivity (Wildman–Crippen MR) is 70.8 cm³/mol. The van der Waals surface area contributed by atoms with Gasteiger partial charge in [-0.25, -0.2) is 0 Å². The number of aromatic amines is 1. The Kier molecular flexibility index (Phi) is 3.52. The molecule has 0 aliphatic carbocycles. The highest BCUT2D eigenvalue weighted by Gasteiger charge is 2.07. The minimum Gasteiger partial charge on any atom is -0.494 e. The van der Waals surface area contributed by atoms with Gasteiger partial charge in [-0.1, -0.05) is 0 Å². The lowest BCUT2D eigenvalue weighted by Crippen LogP contribution is -2.12. The fraction of sp³-hybridized carbons (Fsp3) is 0.154. The maximum Gasteiger partial charge on any atom is 0.272 e. The number of ether oxygens (including phenoxy) is 1. The van der Waals surface area contributed by atoms with Crippen LogP contribution in [0.15, 0.2) is 36.5 Å². The zero-order valence-corrected chi connectivity index (χ0v) is 10.1. The van der Waals surface area contributed by atoms with Gasteiger partial charge in [0.05, 0.1) is 6.61 Å². The number of benzene rings is 1. The van der Waals surface area contributed by atoms with Crippen LogP contribution >= 0.6 is 0 Å². The Morgan fingerprint density at radius 1 is 1.39 bits per heavy atom. The third-order valence-corrected chi connectivity index (χ3v) is 2.37. The van der Waals surface area contributed by atoms with Crippen LogP contribution in [0, 0.1) is 0 Å². The second-order valence-corrected chi connectivity index (χ2v) is 3.76. The molecule has 1 heterocycles. The van der Waals surface area contributed by atoms with Crippen LogP contribution in [0.4, 0.5) is 11.4 Å². The van der Waals surface area contributed by atoms with E-state index in [0.29, 0.717) is 23.7 Å². The first-order chi connectivity index (χ1) is 8.69. The molecule has 0 bridgehead atoms. The number of rotatable bonds is 4. The van der Waals surface area contributed by atoms with E-state index in [0.717, 1.165) is 5.75 Å². The van der Waals surface area contributed by atoms with Crippen molar-refractivity contribution in [3.05, 3.63) is 42.2 Å². The van der Waals surface area contributed by atoms with Crippen LogP contribution in [-0.4, -0.2) is 17.5 Å². The summed E-state index contributed by atoms with van der Waals surface area (Å²) >= 11 is 0. The lowest BCUT2D eigenvalue weighted by Gasteiger charge is -2.06. The average Bonchev–Trinajstić information content (AvgIpc) is 2.79. The van der Waals surface area contributed by atoms with Crippen molar-refractivity contribution in [2.45, 2.75) is 6.92 Å². The van der Waals surface area contributed by atoms with Crippen molar-refractivity contribution in [2.24, 2.45) is 0 Å². The lowest BCUT2D eigenvalue weighted by molar-refractivity contribution is 0.102. The second-order valence-electron chi connectivity index (χ2n) is 3.76. The normalized spacial score (nSPS) is 10.1. The van der Waals surface area contributed by atoms with Gasteiger partial charge in [0, 0.05) is 17.6 Å². The highest BCUT2D eigenvalue weighted by Crippen LogP contribution is 2.16. The fourth-order valence-electron chi connectivity index (χ4n) is 1.54. The number of hydrogen-bond acceptors (Lipinski definition) is 3. The molecule has 0 unspecified atom stereocenters. The molecule has 0 radical (unpaired) electrons. The first-order valence-corrected chi connectivity index (χ1v) is 5.67. The summed E-state index contributed by atoms with van der Waals surface area (Å²) in [5.74, 6) is 0.551. The number of nitrogens with one attached hydrogen (secondary N) is 2. The van der Waals surface area contributed by atoms with Crippen molar-refractivity contribution >= 4 is 17.3 Å². The van der Waals surface area contributed by atoms with E-state index in [1.807, 2.05) is 19.1 Å². The van der Waals surface area contributed by atoms with Crippen molar-refractivity contribution in [1.29, 1.82) is 0 Å². The summed E-state index contributed by atoms with van der Waals surface area (Å²) in [5, 5.41) is 2.76. The number of amides is 1. The second kappa shape index (κ2) is 5.27. The number of carbonyl (C=O) groups excluding carboxylic acids is 1. The third-order valence-electron chi connectivity index (χ3n) is 2.37. The Balaban J connectivity index is 2.03. The first-order valence-electron chi connectivity index (χ1n) is 5.67. The summed E-state index contributed by atoms with van der Waals surface area (Å²) in [4.78, 5) is 14.6. The predicted octanol–water partition coefficient (Wildman–Crippen LogP) is 2.25. The highest BCUT2D eigenvalue weighted by atomic mass is 16.5. The van der Waals surface area contributed by atoms with Gasteiger partial charge in [0.2, 0.25) is 0 Å². The Morgan fingerprint density at radius 3 is 2.67 bits per heavy atom. The summed E-state index contributed by atoms with van der Waals surface area (Å²) in [7, 11) is 0. The molecular weight excluding hydrogens is 230 g/mol. The van der Waals surface area contributed by atoms with Gasteiger partial charge in [-0.15, -0.1) is 0 Å². The molecule has 0 atom stereocenters. The molecule has 0 aliphatic heterocycles. The third kappa shape index (κ3) is 2.82. The number of aromatic nitrogens is 1. The molecule has 0 spiro atoms. The van der Waals surface area contributed by atoms with Gasteiger partial charge in [0.15, 0.2) is 0 Å². The topological polar surface area (TPSA) is 80.1 Å². The molecule has 0 saturated carbocycles. The number of hydrogen-bond donors (Lipinski definition) is 3. The van der Waals surface area contributed by atoms with Crippen molar-refractivity contribution in [3.8, 4) is 5.75 Å². The molecule has 2 aromatic rings. The molecular formula is C13H15N3O2. The number of nitrogens with two attached hydrogens (primary N) is 1. The lowest BCUT2D eigenvalue weighted by atomic mass is 10.3. The van der Waals surface area contributed by atoms with Crippen molar-refractivity contribution in [1.82, 2.24) is 4.98 Å². The summed E-state index contributed by atoms with van der Waals surface area (Å²) in [6.07, 6.45) is 1.58.